The molecule has 0 amide bonds. The standard InChI is InChI=1S/C20H21N3O4S/c1-16-7-9-19(10-8-16)28(25,26)22-12-11-20(24)27-15-17-13-21-23(14-17)18-5-3-2-4-6-18/h2-10,13-14,22H,11-12,15H2,1H3. The van der Waals surface area contributed by atoms with Crippen molar-refractivity contribution >= 4 is 16.0 Å². The molecular weight excluding hydrogens is 378 g/mol. The van der Waals surface area contributed by atoms with Gasteiger partial charge < -0.3 is 4.74 Å². The lowest BCUT2D eigenvalue weighted by molar-refractivity contribution is -0.144. The number of esters is 1. The molecule has 0 unspecified atom stereocenters. The van der Waals surface area contributed by atoms with Crippen LogP contribution < -0.4 is 4.72 Å². The first-order valence-corrected chi connectivity index (χ1v) is 10.2. The number of hydrogen-bond donors (Lipinski definition) is 1. The number of carbonyl (C=O) groups excluding carboxylic acids is 1. The van der Waals surface area contributed by atoms with Gasteiger partial charge in [0.1, 0.15) is 6.61 Å². The van der Waals surface area contributed by atoms with Gasteiger partial charge in [-0.25, -0.2) is 17.8 Å². The molecule has 7 nitrogen and oxygen atoms in total. The summed E-state index contributed by atoms with van der Waals surface area (Å²) >= 11 is 0. The smallest absolute Gasteiger partial charge is 0.307 e. The largest absolute Gasteiger partial charge is 0.461 e. The molecule has 0 fully saturated rings. The SMILES string of the molecule is Cc1ccc(S(=O)(=O)NCCC(=O)OCc2cnn(-c3ccccc3)c2)cc1. The zero-order chi connectivity index (χ0) is 20.0. The first-order valence-electron chi connectivity index (χ1n) is 8.75. The first kappa shape index (κ1) is 19.8. The molecule has 1 aromatic heterocycles. The second-order valence-corrected chi connectivity index (χ2v) is 8.02. The average molecular weight is 399 g/mol. The number of hydrogen-bond acceptors (Lipinski definition) is 5. The summed E-state index contributed by atoms with van der Waals surface area (Å²) in [5, 5.41) is 4.23. The van der Waals surface area contributed by atoms with Crippen molar-refractivity contribution in [2.45, 2.75) is 24.8 Å². The van der Waals surface area contributed by atoms with Crippen LogP contribution in [0.5, 0.6) is 0 Å². The van der Waals surface area contributed by atoms with Gasteiger partial charge in [-0.15, -0.1) is 0 Å². The zero-order valence-electron chi connectivity index (χ0n) is 15.4. The average Bonchev–Trinajstić information content (AvgIpc) is 3.16. The van der Waals surface area contributed by atoms with E-state index in [-0.39, 0.29) is 24.5 Å². The van der Waals surface area contributed by atoms with Gasteiger partial charge >= 0.3 is 5.97 Å². The van der Waals surface area contributed by atoms with Gasteiger partial charge in [0.25, 0.3) is 0 Å². The van der Waals surface area contributed by atoms with E-state index in [4.69, 9.17) is 4.74 Å². The molecule has 3 aromatic rings. The lowest BCUT2D eigenvalue weighted by atomic mass is 10.2. The van der Waals surface area contributed by atoms with E-state index in [0.29, 0.717) is 0 Å². The Bertz CT molecular complexity index is 1030. The van der Waals surface area contributed by atoms with E-state index in [1.807, 2.05) is 37.3 Å². The summed E-state index contributed by atoms with van der Waals surface area (Å²) < 4.78 is 33.6. The third-order valence-corrected chi connectivity index (χ3v) is 5.49. The molecule has 146 valence electrons. The second-order valence-electron chi connectivity index (χ2n) is 6.25. The topological polar surface area (TPSA) is 90.3 Å². The van der Waals surface area contributed by atoms with Gasteiger partial charge in [-0.3, -0.25) is 4.79 Å². The molecule has 0 saturated carbocycles. The number of ether oxygens (including phenoxy) is 1. The molecule has 0 atom stereocenters. The maximum Gasteiger partial charge on any atom is 0.307 e. The number of sulfonamides is 1. The minimum absolute atomic E-state index is 0.0294. The van der Waals surface area contributed by atoms with Gasteiger partial charge in [-0.05, 0) is 31.2 Å². The van der Waals surface area contributed by atoms with Crippen LogP contribution in [0.2, 0.25) is 0 Å². The Morgan fingerprint density at radius 1 is 1.11 bits per heavy atom. The number of aryl methyl sites for hydroxylation is 1. The highest BCUT2D eigenvalue weighted by molar-refractivity contribution is 7.89. The van der Waals surface area contributed by atoms with Crippen LogP contribution in [0.4, 0.5) is 0 Å². The summed E-state index contributed by atoms with van der Waals surface area (Å²) in [6, 6.07) is 16.1. The maximum atomic E-state index is 12.2. The van der Waals surface area contributed by atoms with Crippen LogP contribution in [0.1, 0.15) is 17.5 Å². The number of carbonyl (C=O) groups is 1. The summed E-state index contributed by atoms with van der Waals surface area (Å²) in [6.07, 6.45) is 3.35. The molecule has 1 heterocycles. The molecule has 3 rings (SSSR count). The van der Waals surface area contributed by atoms with Crippen molar-refractivity contribution in [1.29, 1.82) is 0 Å². The third kappa shape index (κ3) is 5.28. The zero-order valence-corrected chi connectivity index (χ0v) is 16.2. The van der Waals surface area contributed by atoms with E-state index in [2.05, 4.69) is 9.82 Å². The number of benzene rings is 2. The normalized spacial score (nSPS) is 11.3. The van der Waals surface area contributed by atoms with Crippen molar-refractivity contribution in [3.63, 3.8) is 0 Å². The van der Waals surface area contributed by atoms with Crippen LogP contribution >= 0.6 is 0 Å². The highest BCUT2D eigenvalue weighted by Gasteiger charge is 2.14. The Hall–Kier alpha value is -2.97. The number of nitrogens with one attached hydrogen (secondary N) is 1. The van der Waals surface area contributed by atoms with Crippen LogP contribution in [0.3, 0.4) is 0 Å². The molecule has 2 aromatic carbocycles. The van der Waals surface area contributed by atoms with E-state index in [0.717, 1.165) is 16.8 Å². The molecule has 0 saturated heterocycles. The molecule has 0 aliphatic carbocycles. The highest BCUT2D eigenvalue weighted by atomic mass is 32.2. The van der Waals surface area contributed by atoms with E-state index < -0.39 is 16.0 Å². The van der Waals surface area contributed by atoms with E-state index >= 15 is 0 Å². The van der Waals surface area contributed by atoms with Gasteiger partial charge in [-0.1, -0.05) is 35.9 Å². The van der Waals surface area contributed by atoms with Crippen LogP contribution in [0, 0.1) is 6.92 Å². The van der Waals surface area contributed by atoms with Crippen LogP contribution in [-0.4, -0.2) is 30.7 Å². The fourth-order valence-corrected chi connectivity index (χ4v) is 3.51. The molecular formula is C20H21N3O4S. The molecule has 8 heteroatoms. The number of rotatable bonds is 8. The Morgan fingerprint density at radius 3 is 2.54 bits per heavy atom. The van der Waals surface area contributed by atoms with Crippen molar-refractivity contribution in [2.75, 3.05) is 6.54 Å². The van der Waals surface area contributed by atoms with Gasteiger partial charge in [0.2, 0.25) is 10.0 Å². The Kier molecular flexibility index (Phi) is 6.23. The van der Waals surface area contributed by atoms with Gasteiger partial charge in [0, 0.05) is 18.3 Å². The third-order valence-electron chi connectivity index (χ3n) is 4.01. The molecule has 28 heavy (non-hydrogen) atoms. The van der Waals surface area contributed by atoms with Crippen molar-refractivity contribution in [3.8, 4) is 5.69 Å². The number of nitrogens with zero attached hydrogens (tertiary/aromatic N) is 2. The van der Waals surface area contributed by atoms with Gasteiger partial charge in [0.15, 0.2) is 0 Å². The molecule has 0 bridgehead atoms. The highest BCUT2D eigenvalue weighted by Crippen LogP contribution is 2.10. The number of para-hydroxylation sites is 1. The van der Waals surface area contributed by atoms with Crippen molar-refractivity contribution in [3.05, 3.63) is 78.1 Å². The van der Waals surface area contributed by atoms with Gasteiger partial charge in [0.05, 0.1) is 23.2 Å². The first-order chi connectivity index (χ1) is 13.4. The predicted octanol–water partition coefficient (Wildman–Crippen LogP) is 2.59. The quantitative estimate of drug-likeness (QED) is 0.588. The minimum atomic E-state index is -3.64. The molecule has 0 aliphatic rings. The van der Waals surface area contributed by atoms with Crippen molar-refractivity contribution < 1.29 is 17.9 Å². The summed E-state index contributed by atoms with van der Waals surface area (Å²) in [5.74, 6) is -0.487. The summed E-state index contributed by atoms with van der Waals surface area (Å²) in [5.41, 5.74) is 2.63. The predicted molar refractivity (Wildman–Crippen MR) is 104 cm³/mol. The molecule has 0 aliphatic heterocycles. The Morgan fingerprint density at radius 2 is 1.82 bits per heavy atom. The Balaban J connectivity index is 1.45. The minimum Gasteiger partial charge on any atom is -0.461 e. The van der Waals surface area contributed by atoms with Gasteiger partial charge in [-0.2, -0.15) is 5.10 Å². The fourth-order valence-electron chi connectivity index (χ4n) is 2.48. The number of aromatic nitrogens is 2. The maximum absolute atomic E-state index is 12.2. The molecule has 1 N–H and O–H groups in total. The lowest BCUT2D eigenvalue weighted by Crippen LogP contribution is -2.26. The monoisotopic (exact) mass is 399 g/mol. The van der Waals surface area contributed by atoms with E-state index in [9.17, 15) is 13.2 Å². The molecule has 0 radical (unpaired) electrons. The summed E-state index contributed by atoms with van der Waals surface area (Å²) in [7, 11) is -3.64. The molecule has 0 spiro atoms. The lowest BCUT2D eigenvalue weighted by Gasteiger charge is -2.07. The van der Waals surface area contributed by atoms with E-state index in [1.54, 1.807) is 29.2 Å². The fraction of sp³-hybridized carbons (Fsp3) is 0.200. The van der Waals surface area contributed by atoms with Crippen molar-refractivity contribution in [1.82, 2.24) is 14.5 Å². The Labute approximate surface area is 164 Å². The summed E-state index contributed by atoms with van der Waals surface area (Å²) in [4.78, 5) is 12.0. The summed E-state index contributed by atoms with van der Waals surface area (Å²) in [6.45, 7) is 1.93. The van der Waals surface area contributed by atoms with E-state index in [1.165, 1.54) is 12.1 Å². The van der Waals surface area contributed by atoms with Crippen molar-refractivity contribution in [2.24, 2.45) is 0 Å². The second kappa shape index (κ2) is 8.81. The van der Waals surface area contributed by atoms with Crippen LogP contribution in [0.15, 0.2) is 71.9 Å². The van der Waals surface area contributed by atoms with Crippen LogP contribution in [0.25, 0.3) is 5.69 Å². The van der Waals surface area contributed by atoms with Crippen LogP contribution in [-0.2, 0) is 26.2 Å².